The molecule has 1 aromatic rings. The number of rotatable bonds is 2. The zero-order valence-corrected chi connectivity index (χ0v) is 10.2. The van der Waals surface area contributed by atoms with Crippen LogP contribution in [0, 0.1) is 0 Å². The van der Waals surface area contributed by atoms with Crippen molar-refractivity contribution in [2.24, 2.45) is 0 Å². The molecule has 0 aromatic carbocycles. The van der Waals surface area contributed by atoms with E-state index in [9.17, 15) is 13.2 Å². The van der Waals surface area contributed by atoms with Gasteiger partial charge in [0.15, 0.2) is 16.1 Å². The Balaban J connectivity index is 2.11. The molecule has 2 heterocycles. The lowest BCUT2D eigenvalue weighted by molar-refractivity contribution is 0.111. The molecule has 92 valence electrons. The zero-order valence-electron chi connectivity index (χ0n) is 9.42. The fraction of sp³-hybridized carbons (Fsp3) is 0.636. The lowest BCUT2D eigenvalue weighted by atomic mass is 9.93. The maximum Gasteiger partial charge on any atom is 0.170 e. The first kappa shape index (κ1) is 11.0. The van der Waals surface area contributed by atoms with Crippen molar-refractivity contribution >= 4 is 16.1 Å². The summed E-state index contributed by atoms with van der Waals surface area (Å²) in [7, 11) is -3.01. The molecule has 1 saturated carbocycles. The topological polar surface area (TPSA) is 69.0 Å². The van der Waals surface area contributed by atoms with Crippen LogP contribution in [-0.2, 0) is 22.0 Å². The minimum Gasteiger partial charge on any atom is -0.296 e. The number of nitrogens with zero attached hydrogens (tertiary/aromatic N) is 2. The van der Waals surface area contributed by atoms with Crippen molar-refractivity contribution in [1.82, 2.24) is 9.78 Å². The Labute approximate surface area is 99.7 Å². The summed E-state index contributed by atoms with van der Waals surface area (Å²) in [6.07, 6.45) is 4.39. The van der Waals surface area contributed by atoms with Crippen molar-refractivity contribution in [3.05, 3.63) is 17.0 Å². The van der Waals surface area contributed by atoms with Gasteiger partial charge in [-0.05, 0) is 25.7 Å². The zero-order chi connectivity index (χ0) is 12.0. The standard InChI is InChI=1S/C11H14N2O3S/c14-6-10-9-4-5-17(15,16)7-11(9)13(12-10)8-2-1-3-8/h6,8H,1-5,7H2. The van der Waals surface area contributed by atoms with Crippen LogP contribution in [0.4, 0.5) is 0 Å². The summed E-state index contributed by atoms with van der Waals surface area (Å²) in [6.45, 7) is 0. The number of aldehydes is 1. The van der Waals surface area contributed by atoms with E-state index < -0.39 is 9.84 Å². The Morgan fingerprint density at radius 3 is 2.71 bits per heavy atom. The highest BCUT2D eigenvalue weighted by molar-refractivity contribution is 7.90. The van der Waals surface area contributed by atoms with E-state index in [-0.39, 0.29) is 11.5 Å². The average Bonchev–Trinajstić information content (AvgIpc) is 2.52. The van der Waals surface area contributed by atoms with Crippen LogP contribution in [0.1, 0.15) is 47.1 Å². The molecule has 1 aliphatic heterocycles. The molecule has 0 unspecified atom stereocenters. The number of carbonyl (C=O) groups is 1. The van der Waals surface area contributed by atoms with Crippen molar-refractivity contribution in [3.8, 4) is 0 Å². The summed E-state index contributed by atoms with van der Waals surface area (Å²) in [4.78, 5) is 11.0. The molecule has 1 fully saturated rings. The third-order valence-electron chi connectivity index (χ3n) is 3.70. The molecule has 2 aliphatic rings. The molecular formula is C11H14N2O3S. The van der Waals surface area contributed by atoms with Gasteiger partial charge in [0.1, 0.15) is 5.69 Å². The Bertz CT molecular complexity index is 570. The number of carbonyl (C=O) groups excluding carboxylic acids is 1. The lowest BCUT2D eigenvalue weighted by Gasteiger charge is -2.28. The van der Waals surface area contributed by atoms with Gasteiger partial charge >= 0.3 is 0 Å². The maximum absolute atomic E-state index is 11.7. The number of fused-ring (bicyclic) bond motifs is 1. The predicted octanol–water partition coefficient (Wildman–Crippen LogP) is 0.892. The number of sulfone groups is 1. The molecule has 0 amide bonds. The largest absolute Gasteiger partial charge is 0.296 e. The smallest absolute Gasteiger partial charge is 0.170 e. The first-order valence-electron chi connectivity index (χ1n) is 5.86. The second kappa shape index (κ2) is 3.66. The average molecular weight is 254 g/mol. The Morgan fingerprint density at radius 1 is 1.35 bits per heavy atom. The van der Waals surface area contributed by atoms with Crippen LogP contribution in [0.2, 0.25) is 0 Å². The molecule has 5 nitrogen and oxygen atoms in total. The van der Waals surface area contributed by atoms with Crippen molar-refractivity contribution in [3.63, 3.8) is 0 Å². The molecule has 0 radical (unpaired) electrons. The van der Waals surface area contributed by atoms with E-state index in [2.05, 4.69) is 5.10 Å². The number of hydrogen-bond donors (Lipinski definition) is 0. The van der Waals surface area contributed by atoms with E-state index in [1.165, 1.54) is 0 Å². The summed E-state index contributed by atoms with van der Waals surface area (Å²) < 4.78 is 25.1. The van der Waals surface area contributed by atoms with Crippen LogP contribution < -0.4 is 0 Å². The molecule has 3 rings (SSSR count). The van der Waals surface area contributed by atoms with Crippen LogP contribution in [0.15, 0.2) is 0 Å². The Hall–Kier alpha value is -1.17. The maximum atomic E-state index is 11.7. The molecule has 1 aliphatic carbocycles. The van der Waals surface area contributed by atoms with Crippen LogP contribution in [0.3, 0.4) is 0 Å². The molecule has 6 heteroatoms. The van der Waals surface area contributed by atoms with Crippen molar-refractivity contribution in [2.75, 3.05) is 5.75 Å². The van der Waals surface area contributed by atoms with Gasteiger partial charge in [0.05, 0.1) is 23.2 Å². The fourth-order valence-electron chi connectivity index (χ4n) is 2.51. The summed E-state index contributed by atoms with van der Waals surface area (Å²) in [5, 5.41) is 4.28. The molecule has 0 spiro atoms. The van der Waals surface area contributed by atoms with Crippen LogP contribution in [-0.4, -0.2) is 30.2 Å². The van der Waals surface area contributed by atoms with Crippen molar-refractivity contribution in [1.29, 1.82) is 0 Å². The van der Waals surface area contributed by atoms with Gasteiger partial charge in [-0.3, -0.25) is 9.48 Å². The molecule has 0 bridgehead atoms. The number of aromatic nitrogens is 2. The van der Waals surface area contributed by atoms with Gasteiger partial charge in [-0.15, -0.1) is 0 Å². The summed E-state index contributed by atoms with van der Waals surface area (Å²) in [5.41, 5.74) is 2.03. The highest BCUT2D eigenvalue weighted by Gasteiger charge is 2.32. The third kappa shape index (κ3) is 1.71. The van der Waals surface area contributed by atoms with Gasteiger partial charge in [0.25, 0.3) is 0 Å². The summed E-state index contributed by atoms with van der Waals surface area (Å²) in [5.74, 6) is 0.177. The van der Waals surface area contributed by atoms with E-state index >= 15 is 0 Å². The number of hydrogen-bond acceptors (Lipinski definition) is 4. The van der Waals surface area contributed by atoms with Crippen LogP contribution >= 0.6 is 0 Å². The minimum absolute atomic E-state index is 0.0413. The monoisotopic (exact) mass is 254 g/mol. The quantitative estimate of drug-likeness (QED) is 0.735. The molecule has 17 heavy (non-hydrogen) atoms. The molecule has 0 N–H and O–H groups in total. The van der Waals surface area contributed by atoms with Gasteiger partial charge in [0.2, 0.25) is 0 Å². The molecular weight excluding hydrogens is 240 g/mol. The summed E-state index contributed by atoms with van der Waals surface area (Å²) >= 11 is 0. The highest BCUT2D eigenvalue weighted by Crippen LogP contribution is 2.35. The fourth-order valence-corrected chi connectivity index (χ4v) is 3.90. The van der Waals surface area contributed by atoms with E-state index in [1.54, 1.807) is 4.68 Å². The molecule has 1 aromatic heterocycles. The van der Waals surface area contributed by atoms with Gasteiger partial charge in [0, 0.05) is 5.56 Å². The van der Waals surface area contributed by atoms with Crippen molar-refractivity contribution < 1.29 is 13.2 Å². The van der Waals surface area contributed by atoms with E-state index in [4.69, 9.17) is 0 Å². The SMILES string of the molecule is O=Cc1nn(C2CCC2)c2c1CCS(=O)(=O)C2. The van der Waals surface area contributed by atoms with Gasteiger partial charge in [-0.2, -0.15) is 5.10 Å². The Kier molecular flexibility index (Phi) is 2.36. The lowest BCUT2D eigenvalue weighted by Crippen LogP contribution is -2.25. The molecule has 0 saturated heterocycles. The van der Waals surface area contributed by atoms with E-state index in [1.807, 2.05) is 0 Å². The van der Waals surface area contributed by atoms with Crippen molar-refractivity contribution in [2.45, 2.75) is 37.5 Å². The second-order valence-electron chi connectivity index (χ2n) is 4.80. The van der Waals surface area contributed by atoms with Crippen LogP contribution in [0.25, 0.3) is 0 Å². The highest BCUT2D eigenvalue weighted by atomic mass is 32.2. The second-order valence-corrected chi connectivity index (χ2v) is 6.98. The van der Waals surface area contributed by atoms with Gasteiger partial charge < -0.3 is 0 Å². The van der Waals surface area contributed by atoms with Crippen LogP contribution in [0.5, 0.6) is 0 Å². The van der Waals surface area contributed by atoms with E-state index in [0.717, 1.165) is 36.8 Å². The minimum atomic E-state index is -3.01. The normalized spacial score (nSPS) is 22.8. The third-order valence-corrected chi connectivity index (χ3v) is 5.24. The first-order valence-corrected chi connectivity index (χ1v) is 7.69. The predicted molar refractivity (Wildman–Crippen MR) is 61.7 cm³/mol. The molecule has 0 atom stereocenters. The first-order chi connectivity index (χ1) is 8.11. The Morgan fingerprint density at radius 2 is 2.12 bits per heavy atom. The van der Waals surface area contributed by atoms with E-state index in [0.29, 0.717) is 18.2 Å². The van der Waals surface area contributed by atoms with Gasteiger partial charge in [-0.25, -0.2) is 8.42 Å². The summed E-state index contributed by atoms with van der Waals surface area (Å²) in [6, 6.07) is 0.297. The van der Waals surface area contributed by atoms with Gasteiger partial charge in [-0.1, -0.05) is 0 Å².